The molecule has 0 amide bonds. The minimum Gasteiger partial charge on any atom is -0.781 e. The van der Waals surface area contributed by atoms with Crippen molar-refractivity contribution in [2.24, 2.45) is 0 Å². The Morgan fingerprint density at radius 3 is 1.84 bits per heavy atom. The first-order valence-corrected chi connectivity index (χ1v) is 10.7. The Hall–Kier alpha value is -2.32. The summed E-state index contributed by atoms with van der Waals surface area (Å²) in [5.41, 5.74) is 7.04. The molecule has 1 aliphatic rings. The van der Waals surface area contributed by atoms with Gasteiger partial charge in [-0.2, -0.15) is 9.81 Å². The standard InChI is InChI=1S/C14H12S2.C13H10N.Pt/c15-13(11-7-3-1-4-8-11)14(16)12-9-5-2-6-10-12;1-2-6-12-10(4-1)7-8-11-5-3-9-14-13(11)12;/h1-10,15-16H;1-5,9H,7-8H2;/q;-1;/p-2/b14-13-;;. The Labute approximate surface area is 209 Å². The molecule has 31 heavy (non-hydrogen) atoms. The van der Waals surface area contributed by atoms with Crippen molar-refractivity contribution < 1.29 is 21.1 Å². The predicted molar refractivity (Wildman–Crippen MR) is 130 cm³/mol. The summed E-state index contributed by atoms with van der Waals surface area (Å²) in [7, 11) is 0. The van der Waals surface area contributed by atoms with Crippen molar-refractivity contribution >= 4 is 35.1 Å². The summed E-state index contributed by atoms with van der Waals surface area (Å²) in [6.45, 7) is 0. The van der Waals surface area contributed by atoms with Crippen molar-refractivity contribution in [3.8, 4) is 11.3 Å². The van der Waals surface area contributed by atoms with E-state index in [0.29, 0.717) is 0 Å². The maximum absolute atomic E-state index is 5.38. The summed E-state index contributed by atoms with van der Waals surface area (Å²) in [5.74, 6) is 0. The van der Waals surface area contributed by atoms with Gasteiger partial charge in [0.15, 0.2) is 0 Å². The number of aromatic nitrogens is 1. The number of fused-ring (bicyclic) bond motifs is 3. The molecule has 158 valence electrons. The van der Waals surface area contributed by atoms with Crippen LogP contribution in [0.15, 0.2) is 97.2 Å². The van der Waals surface area contributed by atoms with Crippen LogP contribution in [0.5, 0.6) is 0 Å². The zero-order valence-electron chi connectivity index (χ0n) is 16.7. The first-order valence-electron chi connectivity index (χ1n) is 9.87. The van der Waals surface area contributed by atoms with Crippen LogP contribution in [-0.2, 0) is 59.2 Å². The van der Waals surface area contributed by atoms with E-state index in [0.717, 1.165) is 39.5 Å². The van der Waals surface area contributed by atoms with Crippen molar-refractivity contribution in [3.05, 3.63) is 126 Å². The summed E-state index contributed by atoms with van der Waals surface area (Å²) in [4.78, 5) is 5.90. The van der Waals surface area contributed by atoms with Crippen LogP contribution < -0.4 is 0 Å². The topological polar surface area (TPSA) is 12.9 Å². The molecule has 1 heterocycles. The van der Waals surface area contributed by atoms with Gasteiger partial charge in [0.05, 0.1) is 0 Å². The van der Waals surface area contributed by atoms with Crippen LogP contribution in [0.2, 0.25) is 0 Å². The number of benzene rings is 3. The Morgan fingerprint density at radius 2 is 1.23 bits per heavy atom. The van der Waals surface area contributed by atoms with Gasteiger partial charge in [0, 0.05) is 27.3 Å². The number of pyridine rings is 1. The van der Waals surface area contributed by atoms with E-state index in [1.165, 1.54) is 16.7 Å². The fraction of sp³-hybridized carbons (Fsp3) is 0.0741. The molecule has 0 saturated carbocycles. The molecular formula is C27H20NPtS2-3. The van der Waals surface area contributed by atoms with E-state index < -0.39 is 0 Å². The number of nitrogens with zero attached hydrogens (tertiary/aromatic N) is 1. The molecule has 1 aliphatic carbocycles. The SMILES string of the molecule is [Pt].[S-]/C(=C(\[S-])c1ccccc1)c1ccccc1.[c-]1cccc2c1-c1ncccc1CC2. The van der Waals surface area contributed by atoms with Crippen molar-refractivity contribution in [2.45, 2.75) is 12.8 Å². The second kappa shape index (κ2) is 11.3. The number of hydrogen-bond acceptors (Lipinski definition) is 3. The molecule has 0 fully saturated rings. The third kappa shape index (κ3) is 5.68. The van der Waals surface area contributed by atoms with E-state index in [1.54, 1.807) is 0 Å². The van der Waals surface area contributed by atoms with Gasteiger partial charge >= 0.3 is 0 Å². The molecule has 1 aromatic heterocycles. The molecule has 5 rings (SSSR count). The predicted octanol–water partition coefficient (Wildman–Crippen LogP) is 6.25. The van der Waals surface area contributed by atoms with E-state index in [4.69, 9.17) is 25.3 Å². The third-order valence-electron chi connectivity index (χ3n) is 5.01. The molecule has 0 atom stereocenters. The van der Waals surface area contributed by atoms with Crippen LogP contribution in [0.3, 0.4) is 0 Å². The Bertz CT molecular complexity index is 1060. The van der Waals surface area contributed by atoms with Crippen LogP contribution in [0.25, 0.3) is 21.1 Å². The van der Waals surface area contributed by atoms with Crippen molar-refractivity contribution in [3.63, 3.8) is 0 Å². The molecule has 0 N–H and O–H groups in total. The molecule has 4 heteroatoms. The molecule has 0 spiro atoms. The fourth-order valence-electron chi connectivity index (χ4n) is 3.48. The first-order chi connectivity index (χ1) is 14.7. The Kier molecular flexibility index (Phi) is 8.54. The maximum Gasteiger partial charge on any atom is 0.0160 e. The quantitative estimate of drug-likeness (QED) is 0.150. The van der Waals surface area contributed by atoms with E-state index >= 15 is 0 Å². The second-order valence-electron chi connectivity index (χ2n) is 6.97. The number of aryl methyl sites for hydroxylation is 2. The van der Waals surface area contributed by atoms with Gasteiger partial charge in [-0.05, 0) is 29.3 Å². The molecule has 1 nitrogen and oxygen atoms in total. The largest absolute Gasteiger partial charge is 0.781 e. The average Bonchev–Trinajstić information content (AvgIpc) is 2.84. The summed E-state index contributed by atoms with van der Waals surface area (Å²) >= 11 is 10.8. The van der Waals surface area contributed by atoms with E-state index in [1.807, 2.05) is 85.1 Å². The van der Waals surface area contributed by atoms with Gasteiger partial charge in [0.25, 0.3) is 0 Å². The van der Waals surface area contributed by atoms with Gasteiger partial charge in [-0.15, -0.1) is 35.4 Å². The maximum atomic E-state index is 5.38. The molecule has 0 aliphatic heterocycles. The summed E-state index contributed by atoms with van der Waals surface area (Å²) in [5, 5.41) is 0. The molecule has 0 unspecified atom stereocenters. The van der Waals surface area contributed by atoms with Crippen molar-refractivity contribution in [1.29, 1.82) is 0 Å². The monoisotopic (exact) mass is 617 g/mol. The van der Waals surface area contributed by atoms with E-state index in [9.17, 15) is 0 Å². The van der Waals surface area contributed by atoms with Crippen LogP contribution in [-0.4, -0.2) is 4.98 Å². The summed E-state index contributed by atoms with van der Waals surface area (Å²) in [6.07, 6.45) is 4.08. The molecule has 0 saturated heterocycles. The zero-order chi connectivity index (χ0) is 20.8. The van der Waals surface area contributed by atoms with Gasteiger partial charge in [0.2, 0.25) is 0 Å². The normalized spacial score (nSPS) is 12.1. The fourth-order valence-corrected chi connectivity index (χ4v) is 3.98. The van der Waals surface area contributed by atoms with Gasteiger partial charge < -0.3 is 30.2 Å². The molecule has 3 aromatic carbocycles. The van der Waals surface area contributed by atoms with Crippen LogP contribution in [0.1, 0.15) is 22.3 Å². The molecular weight excluding hydrogens is 598 g/mol. The van der Waals surface area contributed by atoms with Crippen LogP contribution in [0, 0.1) is 6.07 Å². The zero-order valence-corrected chi connectivity index (χ0v) is 20.6. The van der Waals surface area contributed by atoms with Crippen molar-refractivity contribution in [2.75, 3.05) is 0 Å². The third-order valence-corrected chi connectivity index (χ3v) is 6.02. The average molecular weight is 618 g/mol. The molecule has 0 radical (unpaired) electrons. The second-order valence-corrected chi connectivity index (χ2v) is 7.79. The van der Waals surface area contributed by atoms with Gasteiger partial charge in [-0.1, -0.05) is 78.7 Å². The summed E-state index contributed by atoms with van der Waals surface area (Å²) < 4.78 is 0. The summed E-state index contributed by atoms with van der Waals surface area (Å²) in [6, 6.07) is 33.4. The number of hydrogen-bond donors (Lipinski definition) is 0. The van der Waals surface area contributed by atoms with Gasteiger partial charge in [-0.25, -0.2) is 0 Å². The smallest absolute Gasteiger partial charge is 0.0160 e. The van der Waals surface area contributed by atoms with Crippen LogP contribution in [0.4, 0.5) is 0 Å². The Morgan fingerprint density at radius 1 is 0.677 bits per heavy atom. The minimum atomic E-state index is 0. The molecule has 4 aromatic rings. The van der Waals surface area contributed by atoms with Crippen LogP contribution >= 0.6 is 0 Å². The Balaban J connectivity index is 0.000000171. The van der Waals surface area contributed by atoms with Gasteiger partial charge in [-0.3, -0.25) is 0 Å². The first kappa shape index (κ1) is 23.3. The van der Waals surface area contributed by atoms with E-state index in [2.05, 4.69) is 23.2 Å². The van der Waals surface area contributed by atoms with E-state index in [-0.39, 0.29) is 21.1 Å². The van der Waals surface area contributed by atoms with Crippen molar-refractivity contribution in [1.82, 2.24) is 4.98 Å². The molecule has 0 bridgehead atoms. The number of rotatable bonds is 2. The van der Waals surface area contributed by atoms with Gasteiger partial charge in [0.1, 0.15) is 0 Å². The minimum absolute atomic E-state index is 0.